The number of hydrogen-bond donors (Lipinski definition) is 2. The molecule has 0 amide bonds. The average Bonchev–Trinajstić information content (AvgIpc) is 2.78. The second-order valence-corrected chi connectivity index (χ2v) is 5.38. The topological polar surface area (TPSA) is 72.2 Å². The van der Waals surface area contributed by atoms with Crippen molar-refractivity contribution in [1.82, 2.24) is 4.72 Å². The number of nitrogens with two attached hydrogens (primary N) is 1. The standard InChI is InChI=1S/C7H14N2O2S/c8-12(10,11)9-5-7(3-4-7)6-1-2-6/h6,9H,1-5H2,(H2,8,10,11). The van der Waals surface area contributed by atoms with Gasteiger partial charge in [0.05, 0.1) is 0 Å². The van der Waals surface area contributed by atoms with E-state index >= 15 is 0 Å². The summed E-state index contributed by atoms with van der Waals surface area (Å²) in [5, 5.41) is 4.85. The monoisotopic (exact) mass is 190 g/mol. The van der Waals surface area contributed by atoms with Gasteiger partial charge in [0.1, 0.15) is 0 Å². The van der Waals surface area contributed by atoms with Crippen molar-refractivity contribution in [3.05, 3.63) is 0 Å². The maximum atomic E-state index is 10.6. The summed E-state index contributed by atoms with van der Waals surface area (Å²) in [5.41, 5.74) is 0.298. The van der Waals surface area contributed by atoms with Crippen molar-refractivity contribution < 1.29 is 8.42 Å². The highest BCUT2D eigenvalue weighted by Gasteiger charge is 2.53. The number of rotatable bonds is 4. The van der Waals surface area contributed by atoms with E-state index in [0.29, 0.717) is 12.0 Å². The Labute approximate surface area is 72.7 Å². The van der Waals surface area contributed by atoms with Crippen molar-refractivity contribution in [1.29, 1.82) is 0 Å². The molecule has 0 spiro atoms. The Bertz CT molecular complexity index is 278. The molecule has 12 heavy (non-hydrogen) atoms. The molecule has 3 N–H and O–H groups in total. The summed E-state index contributed by atoms with van der Waals surface area (Å²) in [6.07, 6.45) is 4.87. The van der Waals surface area contributed by atoms with Crippen LogP contribution in [-0.4, -0.2) is 15.0 Å². The number of hydrogen-bond acceptors (Lipinski definition) is 2. The van der Waals surface area contributed by atoms with E-state index in [1.54, 1.807) is 0 Å². The van der Waals surface area contributed by atoms with E-state index in [0.717, 1.165) is 5.92 Å². The summed E-state index contributed by atoms with van der Waals surface area (Å²) >= 11 is 0. The molecular weight excluding hydrogens is 176 g/mol. The first-order chi connectivity index (χ1) is 5.52. The first-order valence-corrected chi connectivity index (χ1v) is 5.84. The molecule has 0 aromatic heterocycles. The molecule has 0 aromatic carbocycles. The van der Waals surface area contributed by atoms with Crippen molar-refractivity contribution in [2.75, 3.05) is 6.54 Å². The van der Waals surface area contributed by atoms with Crippen molar-refractivity contribution in [3.63, 3.8) is 0 Å². The lowest BCUT2D eigenvalue weighted by Crippen LogP contribution is -2.36. The van der Waals surface area contributed by atoms with Crippen molar-refractivity contribution in [3.8, 4) is 0 Å². The Morgan fingerprint density at radius 2 is 2.00 bits per heavy atom. The summed E-state index contributed by atoms with van der Waals surface area (Å²) in [5.74, 6) is 0.770. The third kappa shape index (κ3) is 1.78. The summed E-state index contributed by atoms with van der Waals surface area (Å²) in [7, 11) is -3.47. The van der Waals surface area contributed by atoms with Crippen molar-refractivity contribution in [2.45, 2.75) is 25.7 Å². The molecule has 70 valence electrons. The largest absolute Gasteiger partial charge is 0.274 e. The van der Waals surface area contributed by atoms with Crippen LogP contribution in [0.4, 0.5) is 0 Å². The van der Waals surface area contributed by atoms with Gasteiger partial charge in [0.2, 0.25) is 0 Å². The van der Waals surface area contributed by atoms with Gasteiger partial charge >= 0.3 is 0 Å². The zero-order chi connectivity index (χ0) is 8.82. The summed E-state index contributed by atoms with van der Waals surface area (Å²) < 4.78 is 23.6. The van der Waals surface area contributed by atoms with E-state index < -0.39 is 10.2 Å². The predicted molar refractivity (Wildman–Crippen MR) is 45.5 cm³/mol. The molecule has 0 atom stereocenters. The van der Waals surface area contributed by atoms with Crippen LogP contribution in [0.15, 0.2) is 0 Å². The van der Waals surface area contributed by atoms with Crippen molar-refractivity contribution in [2.24, 2.45) is 16.5 Å². The molecule has 0 bridgehead atoms. The average molecular weight is 190 g/mol. The lowest BCUT2D eigenvalue weighted by Gasteiger charge is -2.12. The second-order valence-electron chi connectivity index (χ2n) is 4.00. The molecule has 0 aromatic rings. The van der Waals surface area contributed by atoms with Gasteiger partial charge in [-0.15, -0.1) is 0 Å². The van der Waals surface area contributed by atoms with Crippen molar-refractivity contribution >= 4 is 10.2 Å². The maximum absolute atomic E-state index is 10.6. The molecular formula is C7H14N2O2S. The van der Waals surface area contributed by atoms with Crippen LogP contribution in [-0.2, 0) is 10.2 Å². The molecule has 2 rings (SSSR count). The minimum atomic E-state index is -3.47. The molecule has 0 radical (unpaired) electrons. The van der Waals surface area contributed by atoms with Gasteiger partial charge in [0, 0.05) is 6.54 Å². The molecule has 0 aliphatic heterocycles. The smallest absolute Gasteiger partial charge is 0.216 e. The molecule has 5 heteroatoms. The van der Waals surface area contributed by atoms with Gasteiger partial charge in [-0.1, -0.05) is 0 Å². The highest BCUT2D eigenvalue weighted by atomic mass is 32.2. The maximum Gasteiger partial charge on any atom is 0.274 e. The Kier molecular flexibility index (Phi) is 1.72. The van der Waals surface area contributed by atoms with Gasteiger partial charge in [0.15, 0.2) is 0 Å². The fourth-order valence-electron chi connectivity index (χ4n) is 1.83. The van der Waals surface area contributed by atoms with E-state index in [4.69, 9.17) is 5.14 Å². The Morgan fingerprint density at radius 3 is 2.33 bits per heavy atom. The van der Waals surface area contributed by atoms with Crippen LogP contribution < -0.4 is 9.86 Å². The Morgan fingerprint density at radius 1 is 1.42 bits per heavy atom. The van der Waals surface area contributed by atoms with Crippen LogP contribution in [0.25, 0.3) is 0 Å². The SMILES string of the molecule is NS(=O)(=O)NCC1(C2CC2)CC1. The fraction of sp³-hybridized carbons (Fsp3) is 1.00. The van der Waals surface area contributed by atoms with E-state index in [-0.39, 0.29) is 0 Å². The van der Waals surface area contributed by atoms with E-state index in [9.17, 15) is 8.42 Å². The predicted octanol–water partition coefficient (Wildman–Crippen LogP) is -0.0303. The third-order valence-corrected chi connectivity index (χ3v) is 3.51. The lowest BCUT2D eigenvalue weighted by atomic mass is 10.0. The zero-order valence-electron chi connectivity index (χ0n) is 6.91. The first-order valence-electron chi connectivity index (χ1n) is 4.29. The molecule has 4 nitrogen and oxygen atoms in total. The van der Waals surface area contributed by atoms with Gasteiger partial charge < -0.3 is 0 Å². The van der Waals surface area contributed by atoms with E-state index in [2.05, 4.69) is 4.72 Å². The Balaban J connectivity index is 1.87. The number of nitrogens with one attached hydrogen (secondary N) is 1. The van der Waals surface area contributed by atoms with Gasteiger partial charge in [-0.05, 0) is 37.0 Å². The van der Waals surface area contributed by atoms with E-state index in [1.807, 2.05) is 0 Å². The third-order valence-electron chi connectivity index (χ3n) is 2.96. The molecule has 0 saturated heterocycles. The summed E-state index contributed by atoms with van der Waals surface area (Å²) in [6.45, 7) is 0.552. The summed E-state index contributed by atoms with van der Waals surface area (Å²) in [4.78, 5) is 0. The minimum Gasteiger partial charge on any atom is -0.216 e. The van der Waals surface area contributed by atoms with Gasteiger partial charge in [-0.3, -0.25) is 0 Å². The first kappa shape index (κ1) is 8.47. The molecule has 0 heterocycles. The fourth-order valence-corrected chi connectivity index (χ4v) is 2.32. The minimum absolute atomic E-state index is 0.298. The molecule has 2 aliphatic carbocycles. The highest BCUT2D eigenvalue weighted by Crippen LogP contribution is 2.60. The normalized spacial score (nSPS) is 27.1. The van der Waals surface area contributed by atoms with Crippen LogP contribution >= 0.6 is 0 Å². The van der Waals surface area contributed by atoms with Crippen LogP contribution in [0.1, 0.15) is 25.7 Å². The van der Waals surface area contributed by atoms with Crippen LogP contribution in [0, 0.1) is 11.3 Å². The molecule has 2 saturated carbocycles. The molecule has 0 unspecified atom stereocenters. The molecule has 2 aliphatic rings. The van der Waals surface area contributed by atoms with Crippen LogP contribution in [0.5, 0.6) is 0 Å². The van der Waals surface area contributed by atoms with Gasteiger partial charge in [-0.25, -0.2) is 9.86 Å². The highest BCUT2D eigenvalue weighted by molar-refractivity contribution is 7.87. The van der Waals surface area contributed by atoms with Gasteiger partial charge in [-0.2, -0.15) is 8.42 Å². The quantitative estimate of drug-likeness (QED) is 0.653. The van der Waals surface area contributed by atoms with Crippen LogP contribution in [0.2, 0.25) is 0 Å². The van der Waals surface area contributed by atoms with Gasteiger partial charge in [0.25, 0.3) is 10.2 Å². The van der Waals surface area contributed by atoms with Crippen LogP contribution in [0.3, 0.4) is 0 Å². The second kappa shape index (κ2) is 2.43. The van der Waals surface area contributed by atoms with E-state index in [1.165, 1.54) is 25.7 Å². The molecule has 2 fully saturated rings. The lowest BCUT2D eigenvalue weighted by molar-refractivity contribution is 0.432. The summed E-state index contributed by atoms with van der Waals surface area (Å²) in [6, 6.07) is 0. The Hall–Kier alpha value is -0.130. The zero-order valence-corrected chi connectivity index (χ0v) is 7.73.